The molecule has 2 heterocycles. The first-order chi connectivity index (χ1) is 10.8. The summed E-state index contributed by atoms with van der Waals surface area (Å²) in [6.45, 7) is 3.03. The second-order valence-electron chi connectivity index (χ2n) is 5.63. The van der Waals surface area contributed by atoms with E-state index in [9.17, 15) is 4.79 Å². The Labute approximate surface area is 130 Å². The molecule has 0 unspecified atom stereocenters. The lowest BCUT2D eigenvalue weighted by molar-refractivity contribution is 0.200. The Morgan fingerprint density at radius 3 is 2.91 bits per heavy atom. The van der Waals surface area contributed by atoms with Gasteiger partial charge in [-0.1, -0.05) is 30.3 Å². The summed E-state index contributed by atoms with van der Waals surface area (Å²) in [5.74, 6) is 0.724. The topological polar surface area (TPSA) is 58.2 Å². The Balaban J connectivity index is 1.74. The smallest absolute Gasteiger partial charge is 0.255 e. The first-order valence-electron chi connectivity index (χ1n) is 7.62. The zero-order valence-electron chi connectivity index (χ0n) is 12.8. The number of nitrogens with zero attached hydrogens (tertiary/aromatic N) is 2. The minimum Gasteiger partial charge on any atom is -0.384 e. The molecular weight excluding hydrogens is 278 g/mol. The van der Waals surface area contributed by atoms with Gasteiger partial charge in [0.05, 0.1) is 17.9 Å². The van der Waals surface area contributed by atoms with Crippen LogP contribution in [0.4, 0.5) is 0 Å². The summed E-state index contributed by atoms with van der Waals surface area (Å²) in [4.78, 5) is 22.1. The first kappa shape index (κ1) is 14.9. The Morgan fingerprint density at radius 1 is 1.32 bits per heavy atom. The highest BCUT2D eigenvalue weighted by atomic mass is 16.5. The molecule has 0 aliphatic carbocycles. The number of aromatic nitrogens is 2. The van der Waals surface area contributed by atoms with Crippen molar-refractivity contribution in [1.29, 1.82) is 0 Å². The molecule has 1 aromatic heterocycles. The monoisotopic (exact) mass is 299 g/mol. The van der Waals surface area contributed by atoms with Crippen LogP contribution in [0.5, 0.6) is 0 Å². The van der Waals surface area contributed by atoms with E-state index in [1.807, 2.05) is 18.2 Å². The summed E-state index contributed by atoms with van der Waals surface area (Å²) in [6.07, 6.45) is 1.47. The molecule has 1 N–H and O–H groups in total. The van der Waals surface area contributed by atoms with Crippen molar-refractivity contribution in [3.63, 3.8) is 0 Å². The number of hydrogen-bond acceptors (Lipinski definition) is 4. The summed E-state index contributed by atoms with van der Waals surface area (Å²) in [7, 11) is 1.65. The molecular formula is C17H21N3O2. The molecule has 22 heavy (non-hydrogen) atoms. The molecule has 2 aromatic rings. The van der Waals surface area contributed by atoms with Crippen molar-refractivity contribution in [2.75, 3.05) is 20.3 Å². The lowest BCUT2D eigenvalue weighted by Gasteiger charge is -2.27. The van der Waals surface area contributed by atoms with Crippen LogP contribution in [-0.2, 0) is 30.7 Å². The van der Waals surface area contributed by atoms with Crippen molar-refractivity contribution in [2.45, 2.75) is 25.9 Å². The maximum Gasteiger partial charge on any atom is 0.255 e. The molecule has 0 spiro atoms. The maximum atomic E-state index is 12.3. The van der Waals surface area contributed by atoms with E-state index in [0.29, 0.717) is 19.6 Å². The number of rotatable bonds is 5. The van der Waals surface area contributed by atoms with Crippen molar-refractivity contribution in [3.05, 3.63) is 63.3 Å². The molecule has 3 rings (SSSR count). The molecule has 0 radical (unpaired) electrons. The third-order valence-electron chi connectivity index (χ3n) is 3.99. The molecule has 116 valence electrons. The van der Waals surface area contributed by atoms with Crippen LogP contribution in [0.2, 0.25) is 0 Å². The summed E-state index contributed by atoms with van der Waals surface area (Å²) < 4.78 is 5.04. The molecule has 0 saturated heterocycles. The van der Waals surface area contributed by atoms with E-state index in [4.69, 9.17) is 4.74 Å². The van der Waals surface area contributed by atoms with Crippen molar-refractivity contribution in [2.24, 2.45) is 0 Å². The van der Waals surface area contributed by atoms with E-state index in [-0.39, 0.29) is 5.56 Å². The average molecular weight is 299 g/mol. The Hall–Kier alpha value is -1.98. The van der Waals surface area contributed by atoms with Gasteiger partial charge in [0, 0.05) is 39.6 Å². The molecule has 1 aliphatic heterocycles. The number of hydrogen-bond donors (Lipinski definition) is 1. The Bertz CT molecular complexity index is 682. The van der Waals surface area contributed by atoms with E-state index in [1.54, 1.807) is 7.11 Å². The number of nitrogens with one attached hydrogen (secondary N) is 1. The average Bonchev–Trinajstić information content (AvgIpc) is 2.54. The fraction of sp³-hybridized carbons (Fsp3) is 0.412. The number of fused-ring (bicyclic) bond motifs is 1. The van der Waals surface area contributed by atoms with E-state index >= 15 is 0 Å². The van der Waals surface area contributed by atoms with Crippen LogP contribution in [0.3, 0.4) is 0 Å². The van der Waals surface area contributed by atoms with Gasteiger partial charge in [0.2, 0.25) is 0 Å². The van der Waals surface area contributed by atoms with E-state index in [1.165, 1.54) is 5.56 Å². The number of aromatic amines is 1. The molecule has 0 fully saturated rings. The van der Waals surface area contributed by atoms with Gasteiger partial charge < -0.3 is 9.72 Å². The van der Waals surface area contributed by atoms with Crippen LogP contribution < -0.4 is 5.56 Å². The minimum absolute atomic E-state index is 0.00568. The van der Waals surface area contributed by atoms with Crippen LogP contribution in [-0.4, -0.2) is 35.1 Å². The molecule has 1 aromatic carbocycles. The highest BCUT2D eigenvalue weighted by Gasteiger charge is 2.21. The fourth-order valence-electron chi connectivity index (χ4n) is 2.83. The van der Waals surface area contributed by atoms with Crippen LogP contribution in [0, 0.1) is 0 Å². The van der Waals surface area contributed by atoms with Gasteiger partial charge >= 0.3 is 0 Å². The predicted molar refractivity (Wildman–Crippen MR) is 84.7 cm³/mol. The SMILES string of the molecule is COCCc1nc2c(c(=O)[nH]1)CN(Cc1ccccc1)CC2. The van der Waals surface area contributed by atoms with Crippen molar-refractivity contribution < 1.29 is 4.74 Å². The quantitative estimate of drug-likeness (QED) is 0.909. The Kier molecular flexibility index (Phi) is 4.65. The summed E-state index contributed by atoms with van der Waals surface area (Å²) in [5, 5.41) is 0. The van der Waals surface area contributed by atoms with Gasteiger partial charge in [0.1, 0.15) is 5.82 Å². The van der Waals surface area contributed by atoms with Crippen LogP contribution in [0.25, 0.3) is 0 Å². The summed E-state index contributed by atoms with van der Waals surface area (Å²) in [5.41, 5.74) is 3.02. The van der Waals surface area contributed by atoms with E-state index in [0.717, 1.165) is 36.6 Å². The van der Waals surface area contributed by atoms with Gasteiger partial charge in [-0.2, -0.15) is 0 Å². The lowest BCUT2D eigenvalue weighted by atomic mass is 10.1. The largest absolute Gasteiger partial charge is 0.384 e. The molecule has 0 bridgehead atoms. The van der Waals surface area contributed by atoms with E-state index in [2.05, 4.69) is 27.0 Å². The van der Waals surface area contributed by atoms with Gasteiger partial charge in [-0.3, -0.25) is 9.69 Å². The molecule has 0 atom stereocenters. The highest BCUT2D eigenvalue weighted by molar-refractivity contribution is 5.22. The van der Waals surface area contributed by atoms with Gasteiger partial charge in [-0.25, -0.2) is 4.98 Å². The van der Waals surface area contributed by atoms with Crippen molar-refractivity contribution >= 4 is 0 Å². The number of methoxy groups -OCH3 is 1. The van der Waals surface area contributed by atoms with Crippen LogP contribution >= 0.6 is 0 Å². The van der Waals surface area contributed by atoms with Gasteiger partial charge in [-0.15, -0.1) is 0 Å². The van der Waals surface area contributed by atoms with Gasteiger partial charge in [0.15, 0.2) is 0 Å². The predicted octanol–water partition coefficient (Wildman–Crippen LogP) is 1.52. The zero-order chi connectivity index (χ0) is 15.4. The van der Waals surface area contributed by atoms with Gasteiger partial charge in [-0.05, 0) is 5.56 Å². The van der Waals surface area contributed by atoms with E-state index < -0.39 is 0 Å². The number of benzene rings is 1. The Morgan fingerprint density at radius 2 is 2.14 bits per heavy atom. The fourth-order valence-corrected chi connectivity index (χ4v) is 2.83. The zero-order valence-corrected chi connectivity index (χ0v) is 12.8. The summed E-state index contributed by atoms with van der Waals surface area (Å²) >= 11 is 0. The molecule has 0 amide bonds. The van der Waals surface area contributed by atoms with Crippen molar-refractivity contribution in [3.8, 4) is 0 Å². The normalized spacial score (nSPS) is 14.8. The first-order valence-corrected chi connectivity index (χ1v) is 7.62. The van der Waals surface area contributed by atoms with Crippen LogP contribution in [0.1, 0.15) is 22.6 Å². The standard InChI is InChI=1S/C17H21N3O2/c1-22-10-8-16-18-15-7-9-20(12-14(15)17(21)19-16)11-13-5-3-2-4-6-13/h2-6H,7-12H2,1H3,(H,18,19,21). The maximum absolute atomic E-state index is 12.3. The second-order valence-corrected chi connectivity index (χ2v) is 5.63. The number of ether oxygens (including phenoxy) is 1. The summed E-state index contributed by atoms with van der Waals surface area (Å²) in [6, 6.07) is 10.3. The minimum atomic E-state index is -0.00568. The molecule has 1 aliphatic rings. The third kappa shape index (κ3) is 3.43. The second kappa shape index (κ2) is 6.85. The lowest BCUT2D eigenvalue weighted by Crippen LogP contribution is -2.35. The molecule has 5 nitrogen and oxygen atoms in total. The molecule has 0 saturated carbocycles. The molecule has 5 heteroatoms. The number of H-pyrrole nitrogens is 1. The highest BCUT2D eigenvalue weighted by Crippen LogP contribution is 2.16. The van der Waals surface area contributed by atoms with Crippen LogP contribution in [0.15, 0.2) is 35.1 Å². The van der Waals surface area contributed by atoms with Crippen molar-refractivity contribution in [1.82, 2.24) is 14.9 Å². The van der Waals surface area contributed by atoms with Gasteiger partial charge in [0.25, 0.3) is 5.56 Å². The third-order valence-corrected chi connectivity index (χ3v) is 3.99.